The van der Waals surface area contributed by atoms with Crippen molar-refractivity contribution < 1.29 is 18.9 Å². The number of hydrogen-bond acceptors (Lipinski definition) is 2. The Balaban J connectivity index is 3.68. The lowest BCUT2D eigenvalue weighted by molar-refractivity contribution is 0.187. The Bertz CT molecular complexity index is 214. The van der Waals surface area contributed by atoms with E-state index in [1.165, 1.54) is 0 Å². The Morgan fingerprint density at radius 2 is 1.56 bits per heavy atom. The number of phosphoric ester groups is 1. The van der Waals surface area contributed by atoms with Crippen LogP contribution in [0.25, 0.3) is 0 Å². The molecule has 4 nitrogen and oxygen atoms in total. The van der Waals surface area contributed by atoms with Gasteiger partial charge in [-0.05, 0) is 30.6 Å². The van der Waals surface area contributed by atoms with Crippen LogP contribution in [0.2, 0.25) is 0 Å². The quantitative estimate of drug-likeness (QED) is 0.514. The molecule has 0 bridgehead atoms. The van der Waals surface area contributed by atoms with E-state index in [2.05, 4.69) is 32.2 Å². The van der Waals surface area contributed by atoms with Crippen LogP contribution in [0.4, 0.5) is 0 Å². The van der Waals surface area contributed by atoms with E-state index in [4.69, 9.17) is 9.79 Å². The zero-order chi connectivity index (χ0) is 12.8. The summed E-state index contributed by atoms with van der Waals surface area (Å²) in [5.41, 5.74) is 0. The second-order valence-corrected chi connectivity index (χ2v) is 6.21. The summed E-state index contributed by atoms with van der Waals surface area (Å²) in [5, 5.41) is 0. The first-order chi connectivity index (χ1) is 7.24. The van der Waals surface area contributed by atoms with Crippen LogP contribution in [-0.4, -0.2) is 16.4 Å². The molecule has 0 aromatic carbocycles. The molecule has 16 heavy (non-hydrogen) atoms. The van der Waals surface area contributed by atoms with Crippen molar-refractivity contribution in [3.05, 3.63) is 0 Å². The zero-order valence-corrected chi connectivity index (χ0v) is 11.6. The molecular weight excluding hydrogens is 227 g/mol. The van der Waals surface area contributed by atoms with E-state index in [-0.39, 0.29) is 6.61 Å². The normalized spacial score (nSPS) is 13.1. The first-order valence-electron chi connectivity index (χ1n) is 5.94. The zero-order valence-electron chi connectivity index (χ0n) is 10.7. The van der Waals surface area contributed by atoms with Crippen LogP contribution in [0, 0.1) is 17.8 Å². The van der Waals surface area contributed by atoms with Crippen LogP contribution in [0.15, 0.2) is 0 Å². The molecule has 0 radical (unpaired) electrons. The van der Waals surface area contributed by atoms with Gasteiger partial charge in [-0.1, -0.05) is 34.1 Å². The number of unbranched alkanes of at least 4 members (excludes halogenated alkanes) is 1. The van der Waals surface area contributed by atoms with Crippen LogP contribution in [0.5, 0.6) is 0 Å². The molecular formula is C11H25O4P. The maximum atomic E-state index is 10.4. The number of phosphoric acid groups is 1. The van der Waals surface area contributed by atoms with Crippen molar-refractivity contribution in [1.82, 2.24) is 0 Å². The van der Waals surface area contributed by atoms with Gasteiger partial charge in [0.25, 0.3) is 0 Å². The molecule has 98 valence electrons. The molecule has 0 saturated heterocycles. The Morgan fingerprint density at radius 3 is 1.94 bits per heavy atom. The molecule has 0 heterocycles. The monoisotopic (exact) mass is 252 g/mol. The predicted octanol–water partition coefficient (Wildman–Crippen LogP) is 3.19. The van der Waals surface area contributed by atoms with Gasteiger partial charge in [0.15, 0.2) is 0 Å². The third-order valence-corrected chi connectivity index (χ3v) is 3.42. The second-order valence-electron chi connectivity index (χ2n) is 4.97. The van der Waals surface area contributed by atoms with Gasteiger partial charge in [0, 0.05) is 0 Å². The molecule has 0 fully saturated rings. The molecule has 0 spiro atoms. The molecule has 0 amide bonds. The average molecular weight is 252 g/mol. The predicted molar refractivity (Wildman–Crippen MR) is 65.0 cm³/mol. The largest absolute Gasteiger partial charge is 0.469 e. The molecule has 0 aliphatic rings. The molecule has 0 rings (SSSR count). The fourth-order valence-corrected chi connectivity index (χ4v) is 2.47. The smallest absolute Gasteiger partial charge is 0.303 e. The Hall–Kier alpha value is 0.110. The van der Waals surface area contributed by atoms with Gasteiger partial charge < -0.3 is 9.79 Å². The Kier molecular flexibility index (Phi) is 7.49. The third-order valence-electron chi connectivity index (χ3n) is 2.90. The topological polar surface area (TPSA) is 66.8 Å². The summed E-state index contributed by atoms with van der Waals surface area (Å²) in [4.78, 5) is 17.0. The summed E-state index contributed by atoms with van der Waals surface area (Å²) < 4.78 is 14.8. The van der Waals surface area contributed by atoms with Gasteiger partial charge in [0.2, 0.25) is 0 Å². The summed E-state index contributed by atoms with van der Waals surface area (Å²) in [7, 11) is -4.27. The number of hydrogen-bond donors (Lipinski definition) is 2. The summed E-state index contributed by atoms with van der Waals surface area (Å²) in [6.45, 7) is 9.02. The van der Waals surface area contributed by atoms with Crippen LogP contribution < -0.4 is 0 Å². The van der Waals surface area contributed by atoms with E-state index < -0.39 is 7.82 Å². The van der Waals surface area contributed by atoms with E-state index >= 15 is 0 Å². The van der Waals surface area contributed by atoms with Gasteiger partial charge in [-0.3, -0.25) is 4.52 Å². The molecule has 2 N–H and O–H groups in total. The lowest BCUT2D eigenvalue weighted by Gasteiger charge is -2.24. The highest BCUT2D eigenvalue weighted by Gasteiger charge is 2.17. The van der Waals surface area contributed by atoms with Gasteiger partial charge in [-0.2, -0.15) is 0 Å². The van der Waals surface area contributed by atoms with E-state index in [0.29, 0.717) is 24.2 Å². The van der Waals surface area contributed by atoms with Gasteiger partial charge in [0.05, 0.1) is 6.61 Å². The van der Waals surface area contributed by atoms with Gasteiger partial charge in [-0.15, -0.1) is 0 Å². The van der Waals surface area contributed by atoms with E-state index in [9.17, 15) is 4.57 Å². The van der Waals surface area contributed by atoms with Crippen LogP contribution in [0.1, 0.15) is 47.0 Å². The van der Waals surface area contributed by atoms with Gasteiger partial charge in [0.1, 0.15) is 0 Å². The molecule has 0 aliphatic heterocycles. The SMILES string of the molecule is CC(C)C(CCCCOP(=O)(O)O)C(C)C. The van der Waals surface area contributed by atoms with Crippen molar-refractivity contribution in [1.29, 1.82) is 0 Å². The van der Waals surface area contributed by atoms with Crippen LogP contribution >= 0.6 is 7.82 Å². The molecule has 0 aliphatic carbocycles. The van der Waals surface area contributed by atoms with Crippen molar-refractivity contribution >= 4 is 7.82 Å². The Labute approximate surface area is 98.6 Å². The fraction of sp³-hybridized carbons (Fsp3) is 1.00. The average Bonchev–Trinajstić information content (AvgIpc) is 2.07. The van der Waals surface area contributed by atoms with Crippen molar-refractivity contribution in [3.63, 3.8) is 0 Å². The number of rotatable bonds is 8. The molecule has 0 aromatic heterocycles. The van der Waals surface area contributed by atoms with Gasteiger partial charge in [-0.25, -0.2) is 4.57 Å². The summed E-state index contributed by atoms with van der Waals surface area (Å²) in [6, 6.07) is 0. The third kappa shape index (κ3) is 8.28. The lowest BCUT2D eigenvalue weighted by Crippen LogP contribution is -2.15. The highest BCUT2D eigenvalue weighted by atomic mass is 31.2. The minimum atomic E-state index is -4.27. The summed E-state index contributed by atoms with van der Waals surface area (Å²) in [5.74, 6) is 1.99. The summed E-state index contributed by atoms with van der Waals surface area (Å²) >= 11 is 0. The van der Waals surface area contributed by atoms with Crippen molar-refractivity contribution in [2.24, 2.45) is 17.8 Å². The first kappa shape index (κ1) is 16.1. The molecule has 0 aromatic rings. The lowest BCUT2D eigenvalue weighted by atomic mass is 9.82. The fourth-order valence-electron chi connectivity index (χ4n) is 2.10. The molecule has 0 saturated carbocycles. The molecule has 0 atom stereocenters. The summed E-state index contributed by atoms with van der Waals surface area (Å²) in [6.07, 6.45) is 2.77. The standard InChI is InChI=1S/C11H25O4P/c1-9(2)11(10(3)4)7-5-6-8-15-16(12,13)14/h9-11H,5-8H2,1-4H3,(H2,12,13,14). The Morgan fingerprint density at radius 1 is 1.06 bits per heavy atom. The highest BCUT2D eigenvalue weighted by Crippen LogP contribution is 2.36. The maximum absolute atomic E-state index is 10.4. The van der Waals surface area contributed by atoms with E-state index in [0.717, 1.165) is 12.8 Å². The van der Waals surface area contributed by atoms with Crippen LogP contribution in [-0.2, 0) is 9.09 Å². The minimum Gasteiger partial charge on any atom is -0.303 e. The first-order valence-corrected chi connectivity index (χ1v) is 7.47. The minimum absolute atomic E-state index is 0.146. The second kappa shape index (κ2) is 7.44. The van der Waals surface area contributed by atoms with Crippen molar-refractivity contribution in [2.45, 2.75) is 47.0 Å². The van der Waals surface area contributed by atoms with E-state index in [1.54, 1.807) is 0 Å². The molecule has 5 heteroatoms. The highest BCUT2D eigenvalue weighted by molar-refractivity contribution is 7.46. The van der Waals surface area contributed by atoms with Crippen molar-refractivity contribution in [3.8, 4) is 0 Å². The van der Waals surface area contributed by atoms with E-state index in [1.807, 2.05) is 0 Å². The maximum Gasteiger partial charge on any atom is 0.469 e. The van der Waals surface area contributed by atoms with Gasteiger partial charge >= 0.3 is 7.82 Å². The molecule has 0 unspecified atom stereocenters. The van der Waals surface area contributed by atoms with Crippen molar-refractivity contribution in [2.75, 3.05) is 6.61 Å². The van der Waals surface area contributed by atoms with Crippen LogP contribution in [0.3, 0.4) is 0 Å².